The maximum absolute atomic E-state index is 12.1. The lowest BCUT2D eigenvalue weighted by atomic mass is 10.1. The molecule has 1 heterocycles. The maximum Gasteiger partial charge on any atom is 0.221 e. The van der Waals surface area contributed by atoms with Crippen LogP contribution in [0, 0.1) is 0 Å². The number of rotatable bonds is 6. The predicted molar refractivity (Wildman–Crippen MR) is 84.1 cm³/mol. The zero-order chi connectivity index (χ0) is 15.1. The predicted octanol–water partition coefficient (Wildman–Crippen LogP) is 2.36. The molecule has 0 spiro atoms. The smallest absolute Gasteiger partial charge is 0.221 e. The summed E-state index contributed by atoms with van der Waals surface area (Å²) in [6, 6.07) is 10.7. The van der Waals surface area contributed by atoms with E-state index in [2.05, 4.69) is 17.3 Å². The molecule has 1 N–H and O–H groups in total. The normalized spacial score (nSPS) is 17.7. The molecule has 0 radical (unpaired) electrons. The summed E-state index contributed by atoms with van der Waals surface area (Å²) in [6.45, 7) is 4.51. The Kier molecular flexibility index (Phi) is 6.21. The SMILES string of the molecule is C[C@@H](NC(=O)CCN(C)C1CCOCC1)c1ccccc1. The molecule has 1 saturated heterocycles. The molecule has 1 aliphatic heterocycles. The fraction of sp³-hybridized carbons (Fsp3) is 0.588. The van der Waals surface area contributed by atoms with Crippen LogP contribution in [0.5, 0.6) is 0 Å². The number of benzene rings is 1. The van der Waals surface area contributed by atoms with E-state index in [1.807, 2.05) is 37.3 Å². The molecule has 0 aromatic heterocycles. The van der Waals surface area contributed by atoms with Crippen LogP contribution in [0.25, 0.3) is 0 Å². The minimum atomic E-state index is 0.0621. The summed E-state index contributed by atoms with van der Waals surface area (Å²) in [5.74, 6) is 0.116. The maximum atomic E-state index is 12.1. The molecular weight excluding hydrogens is 264 g/mol. The molecule has 1 aromatic carbocycles. The van der Waals surface area contributed by atoms with Gasteiger partial charge in [-0.25, -0.2) is 0 Å². The summed E-state index contributed by atoms with van der Waals surface area (Å²) >= 11 is 0. The molecule has 0 bridgehead atoms. The third-order valence-electron chi connectivity index (χ3n) is 4.18. The summed E-state index contributed by atoms with van der Waals surface area (Å²) in [4.78, 5) is 14.3. The van der Waals surface area contributed by atoms with Crippen LogP contribution in [0.1, 0.15) is 37.8 Å². The molecule has 1 fully saturated rings. The summed E-state index contributed by atoms with van der Waals surface area (Å²) in [5, 5.41) is 3.06. The summed E-state index contributed by atoms with van der Waals surface area (Å²) < 4.78 is 5.37. The molecule has 2 rings (SSSR count). The number of carbonyl (C=O) groups is 1. The zero-order valence-electron chi connectivity index (χ0n) is 13.0. The zero-order valence-corrected chi connectivity index (χ0v) is 13.0. The van der Waals surface area contributed by atoms with Crippen LogP contribution >= 0.6 is 0 Å². The van der Waals surface area contributed by atoms with Gasteiger partial charge in [-0.1, -0.05) is 30.3 Å². The number of nitrogens with zero attached hydrogens (tertiary/aromatic N) is 1. The second-order valence-electron chi connectivity index (χ2n) is 5.77. The van der Waals surface area contributed by atoms with Gasteiger partial charge in [0.25, 0.3) is 0 Å². The molecule has 4 heteroatoms. The van der Waals surface area contributed by atoms with Gasteiger partial charge in [-0.15, -0.1) is 0 Å². The molecule has 0 aliphatic carbocycles. The lowest BCUT2D eigenvalue weighted by Crippen LogP contribution is -2.39. The van der Waals surface area contributed by atoms with Gasteiger partial charge in [-0.05, 0) is 32.4 Å². The lowest BCUT2D eigenvalue weighted by Gasteiger charge is -2.31. The fourth-order valence-corrected chi connectivity index (χ4v) is 2.73. The number of amides is 1. The Labute approximate surface area is 127 Å². The minimum absolute atomic E-state index is 0.0621. The van der Waals surface area contributed by atoms with E-state index < -0.39 is 0 Å². The molecule has 4 nitrogen and oxygen atoms in total. The second-order valence-corrected chi connectivity index (χ2v) is 5.77. The van der Waals surface area contributed by atoms with Gasteiger partial charge >= 0.3 is 0 Å². The van der Waals surface area contributed by atoms with Crippen molar-refractivity contribution in [1.82, 2.24) is 10.2 Å². The molecule has 1 amide bonds. The van der Waals surface area contributed by atoms with Crippen molar-refractivity contribution >= 4 is 5.91 Å². The number of hydrogen-bond donors (Lipinski definition) is 1. The molecular formula is C17H26N2O2. The van der Waals surface area contributed by atoms with Gasteiger partial charge < -0.3 is 15.0 Å². The summed E-state index contributed by atoms with van der Waals surface area (Å²) in [5.41, 5.74) is 1.14. The molecule has 1 atom stereocenters. The fourth-order valence-electron chi connectivity index (χ4n) is 2.73. The van der Waals surface area contributed by atoms with Crippen molar-refractivity contribution in [3.8, 4) is 0 Å². The number of carbonyl (C=O) groups excluding carboxylic acids is 1. The van der Waals surface area contributed by atoms with Crippen LogP contribution in [0.2, 0.25) is 0 Å². The number of ether oxygens (including phenoxy) is 1. The minimum Gasteiger partial charge on any atom is -0.381 e. The van der Waals surface area contributed by atoms with E-state index in [1.54, 1.807) is 0 Å². The van der Waals surface area contributed by atoms with Gasteiger partial charge in [-0.2, -0.15) is 0 Å². The van der Waals surface area contributed by atoms with Crippen LogP contribution in [0.15, 0.2) is 30.3 Å². The van der Waals surface area contributed by atoms with Crippen LogP contribution in [0.4, 0.5) is 0 Å². The first-order chi connectivity index (χ1) is 10.2. The van der Waals surface area contributed by atoms with Crippen molar-refractivity contribution in [2.24, 2.45) is 0 Å². The standard InChI is InChI=1S/C17H26N2O2/c1-14(15-6-4-3-5-7-15)18-17(20)8-11-19(2)16-9-12-21-13-10-16/h3-7,14,16H,8-13H2,1-2H3,(H,18,20)/t14-/m1/s1. The highest BCUT2D eigenvalue weighted by Crippen LogP contribution is 2.14. The van der Waals surface area contributed by atoms with Gasteiger partial charge in [0.2, 0.25) is 5.91 Å². The highest BCUT2D eigenvalue weighted by atomic mass is 16.5. The first kappa shape index (κ1) is 16.0. The summed E-state index contributed by atoms with van der Waals surface area (Å²) in [7, 11) is 2.10. The Balaban J connectivity index is 1.71. The average Bonchev–Trinajstić information content (AvgIpc) is 2.54. The van der Waals surface area contributed by atoms with Crippen molar-refractivity contribution in [2.45, 2.75) is 38.3 Å². The number of hydrogen-bond acceptors (Lipinski definition) is 3. The van der Waals surface area contributed by atoms with Crippen molar-refractivity contribution in [2.75, 3.05) is 26.8 Å². The monoisotopic (exact) mass is 290 g/mol. The third-order valence-corrected chi connectivity index (χ3v) is 4.18. The van der Waals surface area contributed by atoms with Crippen LogP contribution in [-0.4, -0.2) is 43.7 Å². The highest BCUT2D eigenvalue weighted by Gasteiger charge is 2.19. The van der Waals surface area contributed by atoms with Crippen LogP contribution < -0.4 is 5.32 Å². The Morgan fingerprint density at radius 2 is 2.00 bits per heavy atom. The second kappa shape index (κ2) is 8.15. The first-order valence-corrected chi connectivity index (χ1v) is 7.79. The van der Waals surface area contributed by atoms with E-state index in [1.165, 1.54) is 0 Å². The lowest BCUT2D eigenvalue weighted by molar-refractivity contribution is -0.122. The quantitative estimate of drug-likeness (QED) is 0.874. The molecule has 21 heavy (non-hydrogen) atoms. The topological polar surface area (TPSA) is 41.6 Å². The van der Waals surface area contributed by atoms with E-state index in [0.29, 0.717) is 12.5 Å². The van der Waals surface area contributed by atoms with Gasteiger partial charge in [0.1, 0.15) is 0 Å². The van der Waals surface area contributed by atoms with E-state index in [4.69, 9.17) is 4.74 Å². The summed E-state index contributed by atoms with van der Waals surface area (Å²) in [6.07, 6.45) is 2.68. The first-order valence-electron chi connectivity index (χ1n) is 7.79. The van der Waals surface area contributed by atoms with Crippen LogP contribution in [-0.2, 0) is 9.53 Å². The van der Waals surface area contributed by atoms with E-state index in [0.717, 1.165) is 38.2 Å². The number of nitrogens with one attached hydrogen (secondary N) is 1. The van der Waals surface area contributed by atoms with E-state index >= 15 is 0 Å². The molecule has 0 saturated carbocycles. The van der Waals surface area contributed by atoms with E-state index in [9.17, 15) is 4.79 Å². The highest BCUT2D eigenvalue weighted by molar-refractivity contribution is 5.76. The van der Waals surface area contributed by atoms with Gasteiger partial charge in [0, 0.05) is 32.2 Å². The molecule has 1 aromatic rings. The molecule has 0 unspecified atom stereocenters. The Hall–Kier alpha value is -1.39. The Bertz CT molecular complexity index is 430. The van der Waals surface area contributed by atoms with Crippen molar-refractivity contribution in [3.63, 3.8) is 0 Å². The van der Waals surface area contributed by atoms with Gasteiger partial charge in [0.15, 0.2) is 0 Å². The van der Waals surface area contributed by atoms with Gasteiger partial charge in [0.05, 0.1) is 6.04 Å². The Morgan fingerprint density at radius 3 is 2.67 bits per heavy atom. The molecule has 1 aliphatic rings. The largest absolute Gasteiger partial charge is 0.381 e. The van der Waals surface area contributed by atoms with Crippen molar-refractivity contribution in [3.05, 3.63) is 35.9 Å². The average molecular weight is 290 g/mol. The van der Waals surface area contributed by atoms with Crippen molar-refractivity contribution < 1.29 is 9.53 Å². The Morgan fingerprint density at radius 1 is 1.33 bits per heavy atom. The third kappa shape index (κ3) is 5.14. The van der Waals surface area contributed by atoms with Crippen LogP contribution in [0.3, 0.4) is 0 Å². The van der Waals surface area contributed by atoms with E-state index in [-0.39, 0.29) is 11.9 Å². The van der Waals surface area contributed by atoms with Crippen molar-refractivity contribution in [1.29, 1.82) is 0 Å². The molecule has 116 valence electrons. The van der Waals surface area contributed by atoms with Gasteiger partial charge in [-0.3, -0.25) is 4.79 Å².